The van der Waals surface area contributed by atoms with Gasteiger partial charge in [0.15, 0.2) is 10.6 Å². The van der Waals surface area contributed by atoms with E-state index in [4.69, 9.17) is 0 Å². The lowest BCUT2D eigenvalue weighted by molar-refractivity contribution is -0.274. The minimum absolute atomic E-state index is 0.302. The van der Waals surface area contributed by atoms with Crippen molar-refractivity contribution < 1.29 is 22.7 Å². The smallest absolute Gasteiger partial charge is 0.406 e. The number of rotatable bonds is 10. The van der Waals surface area contributed by atoms with Crippen LogP contribution in [0.15, 0.2) is 83.4 Å². The first-order valence-corrected chi connectivity index (χ1v) is 16.2. The fourth-order valence-corrected chi connectivity index (χ4v) is 6.13. The standard InChI is InChI=1S/C35H37F3N6O2S/c1-22(2)30-15-6-23(3)19-31(30)44-25(5)20-47-34(44)41-33(45)39-17-16-24(4)18-26-7-9-27(10-8-26)32-40-21-43(42-32)28-11-13-29(14-12-28)46-35(36,37)38/h6-15,19-22,24H,16-18H2,1-5H3,(H,39,45). The minimum Gasteiger partial charge on any atom is -0.406 e. The highest BCUT2D eigenvalue weighted by atomic mass is 32.1. The Morgan fingerprint density at radius 2 is 1.74 bits per heavy atom. The number of nitrogens with one attached hydrogen (secondary N) is 1. The number of hydrogen-bond acceptors (Lipinski definition) is 5. The highest BCUT2D eigenvalue weighted by Crippen LogP contribution is 2.26. The summed E-state index contributed by atoms with van der Waals surface area (Å²) in [6.45, 7) is 11.1. The van der Waals surface area contributed by atoms with E-state index in [1.165, 1.54) is 52.2 Å². The molecule has 2 amide bonds. The Kier molecular flexibility index (Phi) is 10.3. The van der Waals surface area contributed by atoms with Crippen LogP contribution in [-0.4, -0.2) is 38.3 Å². The van der Waals surface area contributed by atoms with Gasteiger partial charge in [-0.25, -0.2) is 14.5 Å². The summed E-state index contributed by atoms with van der Waals surface area (Å²) in [6, 6.07) is 19.4. The van der Waals surface area contributed by atoms with E-state index >= 15 is 0 Å². The summed E-state index contributed by atoms with van der Waals surface area (Å²) >= 11 is 1.46. The maximum atomic E-state index is 12.8. The zero-order chi connectivity index (χ0) is 33.7. The summed E-state index contributed by atoms with van der Waals surface area (Å²) in [7, 11) is 0. The molecule has 8 nitrogen and oxygen atoms in total. The van der Waals surface area contributed by atoms with E-state index < -0.39 is 6.36 Å². The van der Waals surface area contributed by atoms with Crippen LogP contribution in [0.2, 0.25) is 0 Å². The average molecular weight is 663 g/mol. The normalized spacial score (nSPS) is 12.8. The van der Waals surface area contributed by atoms with Crippen LogP contribution in [0.5, 0.6) is 5.75 Å². The molecule has 1 atom stereocenters. The van der Waals surface area contributed by atoms with E-state index in [1.807, 2.05) is 36.6 Å². The van der Waals surface area contributed by atoms with E-state index in [9.17, 15) is 18.0 Å². The molecule has 246 valence electrons. The summed E-state index contributed by atoms with van der Waals surface area (Å²) < 4.78 is 44.8. The number of halogens is 3. The Morgan fingerprint density at radius 1 is 1.02 bits per heavy atom. The van der Waals surface area contributed by atoms with Crippen LogP contribution in [0.1, 0.15) is 55.5 Å². The van der Waals surface area contributed by atoms with Crippen LogP contribution in [0, 0.1) is 19.8 Å². The van der Waals surface area contributed by atoms with Crippen LogP contribution >= 0.6 is 11.3 Å². The third-order valence-electron chi connectivity index (χ3n) is 7.66. The largest absolute Gasteiger partial charge is 0.573 e. The highest BCUT2D eigenvalue weighted by Gasteiger charge is 2.31. The zero-order valence-corrected chi connectivity index (χ0v) is 27.7. The molecule has 47 heavy (non-hydrogen) atoms. The number of thiazole rings is 1. The predicted octanol–water partition coefficient (Wildman–Crippen LogP) is 8.30. The third-order valence-corrected chi connectivity index (χ3v) is 8.60. The number of nitrogens with zero attached hydrogens (tertiary/aromatic N) is 5. The molecule has 2 heterocycles. The molecule has 0 aliphatic rings. The number of alkyl halides is 3. The zero-order valence-electron chi connectivity index (χ0n) is 26.9. The maximum Gasteiger partial charge on any atom is 0.573 e. The van der Waals surface area contributed by atoms with Crippen molar-refractivity contribution in [3.63, 3.8) is 0 Å². The molecule has 0 aliphatic heterocycles. The molecule has 2 aromatic heterocycles. The van der Waals surface area contributed by atoms with Crippen molar-refractivity contribution in [2.75, 3.05) is 6.54 Å². The number of hydrogen-bond donors (Lipinski definition) is 1. The number of carbonyl (C=O) groups excluding carboxylic acids is 1. The van der Waals surface area contributed by atoms with E-state index in [0.29, 0.717) is 34.7 Å². The molecule has 0 spiro atoms. The van der Waals surface area contributed by atoms with Gasteiger partial charge in [-0.3, -0.25) is 4.57 Å². The Morgan fingerprint density at radius 3 is 2.43 bits per heavy atom. The van der Waals surface area contributed by atoms with Crippen LogP contribution < -0.4 is 14.9 Å². The molecule has 5 aromatic rings. The quantitative estimate of drug-likeness (QED) is 0.163. The van der Waals surface area contributed by atoms with Gasteiger partial charge in [0.05, 0.1) is 11.4 Å². The molecule has 0 aliphatic carbocycles. The second-order valence-corrected chi connectivity index (χ2v) is 12.7. The molecule has 5 rings (SSSR count). The lowest BCUT2D eigenvalue weighted by Crippen LogP contribution is -2.26. The highest BCUT2D eigenvalue weighted by molar-refractivity contribution is 7.07. The second kappa shape index (κ2) is 14.4. The number of aromatic nitrogens is 4. The molecule has 0 bridgehead atoms. The summed E-state index contributed by atoms with van der Waals surface area (Å²) in [5.41, 5.74) is 6.97. The second-order valence-electron chi connectivity index (χ2n) is 11.9. The van der Waals surface area contributed by atoms with Crippen molar-refractivity contribution in [1.29, 1.82) is 0 Å². The van der Waals surface area contributed by atoms with E-state index in [0.717, 1.165) is 40.9 Å². The van der Waals surface area contributed by atoms with Crippen molar-refractivity contribution in [2.45, 2.75) is 59.7 Å². The topological polar surface area (TPSA) is 86.3 Å². The van der Waals surface area contributed by atoms with Crippen LogP contribution in [0.4, 0.5) is 18.0 Å². The van der Waals surface area contributed by atoms with Gasteiger partial charge in [-0.2, -0.15) is 4.99 Å². The van der Waals surface area contributed by atoms with Crippen molar-refractivity contribution in [2.24, 2.45) is 10.9 Å². The molecular formula is C35H37F3N6O2S. The van der Waals surface area contributed by atoms with Gasteiger partial charge < -0.3 is 10.1 Å². The average Bonchev–Trinajstić information content (AvgIpc) is 3.64. The van der Waals surface area contributed by atoms with Gasteiger partial charge in [-0.1, -0.05) is 57.2 Å². The molecule has 1 unspecified atom stereocenters. The first kappa shape index (κ1) is 33.6. The van der Waals surface area contributed by atoms with Gasteiger partial charge in [0.25, 0.3) is 0 Å². The molecule has 1 N–H and O–H groups in total. The number of amides is 2. The van der Waals surface area contributed by atoms with E-state index in [2.05, 4.69) is 75.6 Å². The van der Waals surface area contributed by atoms with Crippen molar-refractivity contribution in [3.8, 4) is 28.5 Å². The molecule has 0 radical (unpaired) electrons. The molecule has 0 saturated carbocycles. The third kappa shape index (κ3) is 8.76. The first-order valence-electron chi connectivity index (χ1n) is 15.3. The van der Waals surface area contributed by atoms with Crippen LogP contribution in [-0.2, 0) is 6.42 Å². The van der Waals surface area contributed by atoms with Crippen molar-refractivity contribution >= 4 is 17.4 Å². The Balaban J connectivity index is 1.15. The molecule has 0 saturated heterocycles. The Labute approximate surface area is 275 Å². The Bertz CT molecular complexity index is 1890. The lowest BCUT2D eigenvalue weighted by Gasteiger charge is -2.16. The van der Waals surface area contributed by atoms with E-state index in [-0.39, 0.29) is 11.8 Å². The maximum absolute atomic E-state index is 12.8. The van der Waals surface area contributed by atoms with Gasteiger partial charge in [0.2, 0.25) is 0 Å². The van der Waals surface area contributed by atoms with Gasteiger partial charge in [0, 0.05) is 23.2 Å². The van der Waals surface area contributed by atoms with Gasteiger partial charge in [-0.05, 0) is 85.5 Å². The summed E-state index contributed by atoms with van der Waals surface area (Å²) in [4.78, 5) is 22.2. The number of carbonyl (C=O) groups is 1. The summed E-state index contributed by atoms with van der Waals surface area (Å²) in [6.07, 6.45) is -1.61. The van der Waals surface area contributed by atoms with Crippen LogP contribution in [0.25, 0.3) is 22.8 Å². The molecule has 3 aromatic carbocycles. The number of benzene rings is 3. The fourth-order valence-electron chi connectivity index (χ4n) is 5.27. The summed E-state index contributed by atoms with van der Waals surface area (Å²) in [5.74, 6) is 0.842. The number of ether oxygens (including phenoxy) is 1. The van der Waals surface area contributed by atoms with Gasteiger partial charge >= 0.3 is 12.4 Å². The van der Waals surface area contributed by atoms with Crippen LogP contribution in [0.3, 0.4) is 0 Å². The summed E-state index contributed by atoms with van der Waals surface area (Å²) in [5, 5.41) is 9.44. The van der Waals surface area contributed by atoms with E-state index in [1.54, 1.807) is 0 Å². The van der Waals surface area contributed by atoms with Gasteiger partial charge in [-0.15, -0.1) is 29.6 Å². The molecular weight excluding hydrogens is 625 g/mol. The minimum atomic E-state index is -4.74. The first-order chi connectivity index (χ1) is 22.4. The SMILES string of the molecule is Cc1ccc(C(C)C)c(-n2c(C)csc2=NC(=O)NCCC(C)Cc2ccc(-c3ncn(-c4ccc(OC(F)(F)F)cc4)n3)cc2)c1. The lowest BCUT2D eigenvalue weighted by atomic mass is 9.97. The fraction of sp³-hybridized carbons (Fsp3) is 0.314. The number of aryl methyl sites for hydroxylation is 2. The molecule has 12 heteroatoms. The van der Waals surface area contributed by atoms with Gasteiger partial charge in [0.1, 0.15) is 12.1 Å². The van der Waals surface area contributed by atoms with Crippen molar-refractivity contribution in [3.05, 3.63) is 106 Å². The molecule has 0 fully saturated rings. The number of urea groups is 1. The Hall–Kier alpha value is -4.71. The predicted molar refractivity (Wildman–Crippen MR) is 177 cm³/mol. The van der Waals surface area contributed by atoms with Crippen molar-refractivity contribution in [1.82, 2.24) is 24.6 Å². The monoisotopic (exact) mass is 662 g/mol.